The van der Waals surface area contributed by atoms with Gasteiger partial charge in [-0.2, -0.15) is 0 Å². The van der Waals surface area contributed by atoms with Gasteiger partial charge in [-0.05, 0) is 12.8 Å². The van der Waals surface area contributed by atoms with Gasteiger partial charge >= 0.3 is 0 Å². The molecular formula is C21H34N2O2. The minimum absolute atomic E-state index is 0.748. The lowest BCUT2D eigenvalue weighted by Crippen LogP contribution is -2.16. The van der Waals surface area contributed by atoms with E-state index in [-0.39, 0.29) is 0 Å². The molecule has 0 atom stereocenters. The van der Waals surface area contributed by atoms with Crippen LogP contribution >= 0.6 is 0 Å². The molecule has 0 spiro atoms. The summed E-state index contributed by atoms with van der Waals surface area (Å²) in [5, 5.41) is 0. The molecule has 140 valence electrons. The van der Waals surface area contributed by atoms with Crippen LogP contribution in [-0.4, -0.2) is 27.3 Å². The first kappa shape index (κ1) is 19.7. The van der Waals surface area contributed by atoms with Crippen LogP contribution in [0.5, 0.6) is 11.5 Å². The molecule has 0 aliphatic carbocycles. The normalized spacial score (nSPS) is 13.3. The SMILES string of the molecule is CCCCCCOc1cc2c(cc1OCCCCCC)N(C)[C]N2C. The molecule has 1 aliphatic rings. The van der Waals surface area contributed by atoms with Crippen molar-refractivity contribution < 1.29 is 9.47 Å². The Morgan fingerprint density at radius 2 is 1.16 bits per heavy atom. The van der Waals surface area contributed by atoms with Gasteiger partial charge in [0.2, 0.25) is 6.67 Å². The van der Waals surface area contributed by atoms with Crippen LogP contribution in [0.1, 0.15) is 65.2 Å². The Balaban J connectivity index is 2.01. The monoisotopic (exact) mass is 346 g/mol. The number of anilines is 2. The van der Waals surface area contributed by atoms with E-state index in [1.54, 1.807) is 0 Å². The van der Waals surface area contributed by atoms with Crippen LogP contribution in [0, 0.1) is 6.67 Å². The third-order valence-electron chi connectivity index (χ3n) is 4.57. The Morgan fingerprint density at radius 1 is 0.720 bits per heavy atom. The summed E-state index contributed by atoms with van der Waals surface area (Å²) >= 11 is 0. The predicted molar refractivity (Wildman–Crippen MR) is 106 cm³/mol. The summed E-state index contributed by atoms with van der Waals surface area (Å²) in [6.07, 6.45) is 9.65. The van der Waals surface area contributed by atoms with Crippen molar-refractivity contribution in [3.05, 3.63) is 18.8 Å². The minimum Gasteiger partial charge on any atom is -0.490 e. The Kier molecular flexibility index (Phi) is 8.23. The molecule has 1 heterocycles. The molecule has 0 aromatic heterocycles. The van der Waals surface area contributed by atoms with E-state index in [9.17, 15) is 0 Å². The van der Waals surface area contributed by atoms with E-state index < -0.39 is 0 Å². The number of rotatable bonds is 12. The van der Waals surface area contributed by atoms with Crippen LogP contribution in [0.3, 0.4) is 0 Å². The van der Waals surface area contributed by atoms with Crippen molar-refractivity contribution in [3.8, 4) is 11.5 Å². The summed E-state index contributed by atoms with van der Waals surface area (Å²) in [7, 11) is 4.03. The fourth-order valence-electron chi connectivity index (χ4n) is 3.06. The predicted octanol–water partition coefficient (Wildman–Crippen LogP) is 5.49. The van der Waals surface area contributed by atoms with Crippen LogP contribution in [-0.2, 0) is 0 Å². The highest BCUT2D eigenvalue weighted by Crippen LogP contribution is 2.44. The second kappa shape index (κ2) is 10.4. The fraction of sp³-hybridized carbons (Fsp3) is 0.667. The number of benzene rings is 1. The van der Waals surface area contributed by atoms with Crippen LogP contribution in [0.25, 0.3) is 0 Å². The molecule has 1 aliphatic heterocycles. The zero-order valence-corrected chi connectivity index (χ0v) is 16.4. The molecule has 2 radical (unpaired) electrons. The van der Waals surface area contributed by atoms with Crippen LogP contribution < -0.4 is 19.3 Å². The van der Waals surface area contributed by atoms with Gasteiger partial charge in [0.05, 0.1) is 24.6 Å². The van der Waals surface area contributed by atoms with E-state index in [0.717, 1.165) is 48.9 Å². The Morgan fingerprint density at radius 3 is 1.56 bits per heavy atom. The number of hydrogen-bond acceptors (Lipinski definition) is 4. The van der Waals surface area contributed by atoms with Crippen molar-refractivity contribution in [3.63, 3.8) is 0 Å². The Labute approximate surface area is 154 Å². The third-order valence-corrected chi connectivity index (χ3v) is 4.57. The first-order valence-electron chi connectivity index (χ1n) is 9.84. The maximum Gasteiger partial charge on any atom is 0.208 e. The molecule has 0 amide bonds. The second-order valence-corrected chi connectivity index (χ2v) is 6.82. The molecular weight excluding hydrogens is 312 g/mol. The average Bonchev–Trinajstić information content (AvgIpc) is 2.88. The lowest BCUT2D eigenvalue weighted by Gasteiger charge is -2.17. The van der Waals surface area contributed by atoms with Gasteiger partial charge in [-0.1, -0.05) is 52.4 Å². The maximum absolute atomic E-state index is 6.07. The van der Waals surface area contributed by atoms with Gasteiger partial charge in [0.25, 0.3) is 0 Å². The van der Waals surface area contributed by atoms with Gasteiger partial charge in [0, 0.05) is 26.2 Å². The molecule has 1 aromatic carbocycles. The van der Waals surface area contributed by atoms with Gasteiger partial charge < -0.3 is 19.3 Å². The van der Waals surface area contributed by atoms with Crippen LogP contribution in [0.4, 0.5) is 11.4 Å². The van der Waals surface area contributed by atoms with E-state index in [4.69, 9.17) is 9.47 Å². The Bertz CT molecular complexity index is 474. The molecule has 0 N–H and O–H groups in total. The largest absolute Gasteiger partial charge is 0.490 e. The van der Waals surface area contributed by atoms with Crippen LogP contribution in [0.2, 0.25) is 0 Å². The van der Waals surface area contributed by atoms with Gasteiger partial charge in [0.1, 0.15) is 0 Å². The van der Waals surface area contributed by atoms with Crippen molar-refractivity contribution in [2.45, 2.75) is 65.2 Å². The summed E-state index contributed by atoms with van der Waals surface area (Å²) < 4.78 is 12.1. The molecule has 0 bridgehead atoms. The van der Waals surface area contributed by atoms with Crippen molar-refractivity contribution >= 4 is 11.4 Å². The molecule has 0 saturated heterocycles. The summed E-state index contributed by atoms with van der Waals surface area (Å²) in [5.41, 5.74) is 2.23. The van der Waals surface area contributed by atoms with Gasteiger partial charge in [0.15, 0.2) is 11.5 Å². The van der Waals surface area contributed by atoms with Gasteiger partial charge in [-0.15, -0.1) is 0 Å². The first-order valence-corrected chi connectivity index (χ1v) is 9.84. The van der Waals surface area contributed by atoms with Gasteiger partial charge in [-0.3, -0.25) is 0 Å². The van der Waals surface area contributed by atoms with E-state index in [1.165, 1.54) is 38.5 Å². The van der Waals surface area contributed by atoms with Gasteiger partial charge in [-0.25, -0.2) is 0 Å². The van der Waals surface area contributed by atoms with Crippen molar-refractivity contribution in [1.29, 1.82) is 0 Å². The Hall–Kier alpha value is -1.58. The highest BCUT2D eigenvalue weighted by Gasteiger charge is 2.25. The van der Waals surface area contributed by atoms with Crippen molar-refractivity contribution in [1.82, 2.24) is 0 Å². The highest BCUT2D eigenvalue weighted by atomic mass is 16.5. The summed E-state index contributed by atoms with van der Waals surface area (Å²) in [5.74, 6) is 1.71. The molecule has 0 unspecified atom stereocenters. The lowest BCUT2D eigenvalue weighted by molar-refractivity contribution is 0.259. The zero-order valence-electron chi connectivity index (χ0n) is 16.4. The minimum atomic E-state index is 0.748. The summed E-state index contributed by atoms with van der Waals surface area (Å²) in [4.78, 5) is 4.01. The number of fused-ring (bicyclic) bond motifs is 1. The quantitative estimate of drug-likeness (QED) is 0.467. The summed E-state index contributed by atoms with van der Waals surface area (Å²) in [6, 6.07) is 4.18. The second-order valence-electron chi connectivity index (χ2n) is 6.82. The molecule has 4 nitrogen and oxygen atoms in total. The topological polar surface area (TPSA) is 24.9 Å². The number of nitrogens with zero attached hydrogens (tertiary/aromatic N) is 2. The zero-order chi connectivity index (χ0) is 18.1. The molecule has 0 saturated carbocycles. The smallest absolute Gasteiger partial charge is 0.208 e. The molecule has 0 fully saturated rings. The first-order chi connectivity index (χ1) is 12.2. The maximum atomic E-state index is 6.07. The number of ether oxygens (including phenoxy) is 2. The average molecular weight is 347 g/mol. The van der Waals surface area contributed by atoms with Crippen molar-refractivity contribution in [2.75, 3.05) is 37.1 Å². The lowest BCUT2D eigenvalue weighted by atomic mass is 10.2. The van der Waals surface area contributed by atoms with E-state index in [2.05, 4.69) is 32.6 Å². The van der Waals surface area contributed by atoms with Crippen LogP contribution in [0.15, 0.2) is 12.1 Å². The highest BCUT2D eigenvalue weighted by molar-refractivity contribution is 5.81. The molecule has 1 aromatic rings. The number of unbranched alkanes of at least 4 members (excludes halogenated alkanes) is 6. The van der Waals surface area contributed by atoms with E-state index in [0.29, 0.717) is 0 Å². The van der Waals surface area contributed by atoms with E-state index >= 15 is 0 Å². The molecule has 25 heavy (non-hydrogen) atoms. The summed E-state index contributed by atoms with van der Waals surface area (Å²) in [6.45, 7) is 9.21. The molecule has 4 heteroatoms. The standard InChI is InChI=1S/C21H34N2O2/c1-5-7-9-11-13-24-20-15-18-19(23(4)17-22(18)3)16-21(20)25-14-12-10-8-6-2/h15-16H,5-14H2,1-4H3. The van der Waals surface area contributed by atoms with E-state index in [1.807, 2.05) is 23.9 Å². The third kappa shape index (κ3) is 5.72. The molecule has 2 rings (SSSR count). The number of hydrogen-bond donors (Lipinski definition) is 0. The fourth-order valence-corrected chi connectivity index (χ4v) is 3.06. The van der Waals surface area contributed by atoms with Crippen molar-refractivity contribution in [2.24, 2.45) is 0 Å².